The molecule has 4 heteroatoms. The van der Waals surface area contributed by atoms with E-state index in [1.807, 2.05) is 6.07 Å². The predicted molar refractivity (Wildman–Crippen MR) is 55.3 cm³/mol. The van der Waals surface area contributed by atoms with Crippen LogP contribution in [-0.2, 0) is 0 Å². The highest BCUT2D eigenvalue weighted by molar-refractivity contribution is 6.30. The van der Waals surface area contributed by atoms with Gasteiger partial charge < -0.3 is 4.98 Å². The molecule has 2 aromatic heterocycles. The van der Waals surface area contributed by atoms with Crippen LogP contribution >= 0.6 is 11.6 Å². The quantitative estimate of drug-likeness (QED) is 0.777. The molecule has 0 bridgehead atoms. The highest BCUT2D eigenvalue weighted by Crippen LogP contribution is 2.16. The molecule has 0 aliphatic heterocycles. The van der Waals surface area contributed by atoms with Crippen LogP contribution in [0.2, 0.25) is 5.02 Å². The molecule has 2 aromatic rings. The smallest absolute Gasteiger partial charge is 0.249 e. The lowest BCUT2D eigenvalue weighted by Crippen LogP contribution is -2.04. The Labute approximate surface area is 85.4 Å². The highest BCUT2D eigenvalue weighted by Gasteiger charge is 1.99. The minimum atomic E-state index is -0.212. The van der Waals surface area contributed by atoms with Gasteiger partial charge in [0, 0.05) is 29.0 Å². The van der Waals surface area contributed by atoms with Crippen molar-refractivity contribution in [3.8, 4) is 11.3 Å². The van der Waals surface area contributed by atoms with Gasteiger partial charge in [-0.3, -0.25) is 9.78 Å². The van der Waals surface area contributed by atoms with Gasteiger partial charge in [0.2, 0.25) is 5.56 Å². The fraction of sp³-hybridized carbons (Fsp3) is 0. The van der Waals surface area contributed by atoms with Crippen molar-refractivity contribution in [2.75, 3.05) is 0 Å². The standard InChI is InChI=1S/C10H7ClN2O/c11-8-4-9(13-10(14)5-8)7-2-1-3-12-6-7/h1-6H,(H,13,14). The largest absolute Gasteiger partial charge is 0.322 e. The van der Waals surface area contributed by atoms with E-state index in [-0.39, 0.29) is 5.56 Å². The molecule has 2 rings (SSSR count). The zero-order valence-corrected chi connectivity index (χ0v) is 7.95. The summed E-state index contributed by atoms with van der Waals surface area (Å²) >= 11 is 5.76. The minimum absolute atomic E-state index is 0.212. The highest BCUT2D eigenvalue weighted by atomic mass is 35.5. The van der Waals surface area contributed by atoms with Crippen LogP contribution < -0.4 is 5.56 Å². The van der Waals surface area contributed by atoms with E-state index in [2.05, 4.69) is 9.97 Å². The van der Waals surface area contributed by atoms with Crippen LogP contribution in [0.25, 0.3) is 11.3 Å². The van der Waals surface area contributed by atoms with Gasteiger partial charge in [0.25, 0.3) is 0 Å². The van der Waals surface area contributed by atoms with Crippen molar-refractivity contribution in [1.82, 2.24) is 9.97 Å². The van der Waals surface area contributed by atoms with Gasteiger partial charge in [0.15, 0.2) is 0 Å². The average molecular weight is 207 g/mol. The topological polar surface area (TPSA) is 45.8 Å². The predicted octanol–water partition coefficient (Wildman–Crippen LogP) is 2.09. The number of nitrogens with one attached hydrogen (secondary N) is 1. The number of pyridine rings is 2. The SMILES string of the molecule is O=c1cc(Cl)cc(-c2cccnc2)[nH]1. The van der Waals surface area contributed by atoms with Crippen LogP contribution in [-0.4, -0.2) is 9.97 Å². The zero-order valence-electron chi connectivity index (χ0n) is 7.20. The first kappa shape index (κ1) is 8.97. The molecule has 3 nitrogen and oxygen atoms in total. The Hall–Kier alpha value is -1.61. The van der Waals surface area contributed by atoms with Crippen LogP contribution in [0.15, 0.2) is 41.5 Å². The third-order valence-electron chi connectivity index (χ3n) is 1.78. The first-order valence-electron chi connectivity index (χ1n) is 4.06. The molecule has 0 spiro atoms. The van der Waals surface area contributed by atoms with Crippen molar-refractivity contribution >= 4 is 11.6 Å². The number of rotatable bonds is 1. The van der Waals surface area contributed by atoms with E-state index in [0.717, 1.165) is 5.56 Å². The van der Waals surface area contributed by atoms with Crippen LogP contribution in [0, 0.1) is 0 Å². The summed E-state index contributed by atoms with van der Waals surface area (Å²) < 4.78 is 0. The maximum atomic E-state index is 11.1. The second kappa shape index (κ2) is 3.64. The van der Waals surface area contributed by atoms with Gasteiger partial charge >= 0.3 is 0 Å². The normalized spacial score (nSPS) is 10.1. The fourth-order valence-corrected chi connectivity index (χ4v) is 1.40. The molecular weight excluding hydrogens is 200 g/mol. The number of nitrogens with zero attached hydrogens (tertiary/aromatic N) is 1. The van der Waals surface area contributed by atoms with Crippen LogP contribution in [0.4, 0.5) is 0 Å². The van der Waals surface area contributed by atoms with Crippen molar-refractivity contribution in [2.24, 2.45) is 0 Å². The molecule has 0 aromatic carbocycles. The molecule has 2 heterocycles. The lowest BCUT2D eigenvalue weighted by molar-refractivity contribution is 1.22. The van der Waals surface area contributed by atoms with Gasteiger partial charge in [0.05, 0.1) is 5.69 Å². The third kappa shape index (κ3) is 1.83. The Bertz CT molecular complexity index is 493. The van der Waals surface area contributed by atoms with Gasteiger partial charge in [-0.15, -0.1) is 0 Å². The molecule has 0 atom stereocenters. The Morgan fingerprint density at radius 2 is 2.21 bits per heavy atom. The van der Waals surface area contributed by atoms with E-state index in [4.69, 9.17) is 11.6 Å². The molecule has 0 fully saturated rings. The minimum Gasteiger partial charge on any atom is -0.322 e. The Morgan fingerprint density at radius 3 is 2.86 bits per heavy atom. The lowest BCUT2D eigenvalue weighted by Gasteiger charge is -2.00. The molecule has 70 valence electrons. The summed E-state index contributed by atoms with van der Waals surface area (Å²) in [6.07, 6.45) is 3.34. The summed E-state index contributed by atoms with van der Waals surface area (Å²) in [6, 6.07) is 6.69. The van der Waals surface area contributed by atoms with E-state index >= 15 is 0 Å². The van der Waals surface area contributed by atoms with Gasteiger partial charge in [-0.1, -0.05) is 11.6 Å². The van der Waals surface area contributed by atoms with Crippen LogP contribution in [0.3, 0.4) is 0 Å². The molecule has 0 saturated carbocycles. The number of aromatic amines is 1. The van der Waals surface area contributed by atoms with Gasteiger partial charge in [-0.05, 0) is 18.2 Å². The van der Waals surface area contributed by atoms with Gasteiger partial charge in [-0.2, -0.15) is 0 Å². The summed E-state index contributed by atoms with van der Waals surface area (Å²) in [5.74, 6) is 0. The molecule has 0 saturated heterocycles. The number of hydrogen-bond acceptors (Lipinski definition) is 2. The van der Waals surface area contributed by atoms with E-state index < -0.39 is 0 Å². The zero-order chi connectivity index (χ0) is 9.97. The second-order valence-electron chi connectivity index (χ2n) is 2.82. The van der Waals surface area contributed by atoms with E-state index in [1.54, 1.807) is 24.5 Å². The summed E-state index contributed by atoms with van der Waals surface area (Å²) in [5, 5.41) is 0.424. The molecule has 1 N–H and O–H groups in total. The second-order valence-corrected chi connectivity index (χ2v) is 3.25. The molecule has 14 heavy (non-hydrogen) atoms. The monoisotopic (exact) mass is 206 g/mol. The van der Waals surface area contributed by atoms with E-state index in [1.165, 1.54) is 6.07 Å². The molecule has 0 radical (unpaired) electrons. The lowest BCUT2D eigenvalue weighted by atomic mass is 10.2. The number of halogens is 1. The summed E-state index contributed by atoms with van der Waals surface area (Å²) in [7, 11) is 0. The number of hydrogen-bond donors (Lipinski definition) is 1. The molecule has 0 amide bonds. The van der Waals surface area contributed by atoms with Crippen molar-refractivity contribution in [3.05, 3.63) is 52.0 Å². The molecule has 0 aliphatic rings. The van der Waals surface area contributed by atoms with Crippen LogP contribution in [0.5, 0.6) is 0 Å². The van der Waals surface area contributed by atoms with Crippen molar-refractivity contribution in [2.45, 2.75) is 0 Å². The summed E-state index contributed by atoms with van der Waals surface area (Å²) in [4.78, 5) is 17.8. The Kier molecular flexibility index (Phi) is 2.33. The Morgan fingerprint density at radius 1 is 1.36 bits per heavy atom. The third-order valence-corrected chi connectivity index (χ3v) is 2.00. The van der Waals surface area contributed by atoms with Crippen LogP contribution in [0.1, 0.15) is 0 Å². The number of aromatic nitrogens is 2. The van der Waals surface area contributed by atoms with E-state index in [9.17, 15) is 4.79 Å². The fourth-order valence-electron chi connectivity index (χ4n) is 1.19. The first-order chi connectivity index (χ1) is 6.75. The Balaban J connectivity index is 2.58. The van der Waals surface area contributed by atoms with Crippen molar-refractivity contribution < 1.29 is 0 Å². The molecule has 0 aliphatic carbocycles. The summed E-state index contributed by atoms with van der Waals surface area (Å²) in [5.41, 5.74) is 1.30. The maximum Gasteiger partial charge on any atom is 0.249 e. The van der Waals surface area contributed by atoms with E-state index in [0.29, 0.717) is 10.7 Å². The maximum absolute atomic E-state index is 11.1. The van der Waals surface area contributed by atoms with Crippen molar-refractivity contribution in [3.63, 3.8) is 0 Å². The number of H-pyrrole nitrogens is 1. The first-order valence-corrected chi connectivity index (χ1v) is 4.44. The molecule has 0 unspecified atom stereocenters. The van der Waals surface area contributed by atoms with Gasteiger partial charge in [0.1, 0.15) is 0 Å². The van der Waals surface area contributed by atoms with Crippen molar-refractivity contribution in [1.29, 1.82) is 0 Å². The van der Waals surface area contributed by atoms with Gasteiger partial charge in [-0.25, -0.2) is 0 Å². The molecular formula is C10H7ClN2O. The summed E-state index contributed by atoms with van der Waals surface area (Å²) in [6.45, 7) is 0. The average Bonchev–Trinajstić information content (AvgIpc) is 2.18.